The molecule has 5 nitrogen and oxygen atoms in total. The topological polar surface area (TPSA) is 71.2 Å². The first-order valence-electron chi connectivity index (χ1n) is 4.73. The molecule has 5 heteroatoms. The zero-order valence-corrected chi connectivity index (χ0v) is 8.18. The molecule has 3 aromatic rings. The van der Waals surface area contributed by atoms with Gasteiger partial charge in [-0.3, -0.25) is 0 Å². The number of rotatable bonds is 1. The third-order valence-electron chi connectivity index (χ3n) is 2.39. The van der Waals surface area contributed by atoms with Crippen molar-refractivity contribution in [2.75, 3.05) is 0 Å². The molecule has 2 N–H and O–H groups in total. The molecule has 0 spiro atoms. The van der Waals surface area contributed by atoms with E-state index in [0.717, 1.165) is 0 Å². The second-order valence-electron chi connectivity index (χ2n) is 3.42. The lowest BCUT2D eigenvalue weighted by Crippen LogP contribution is -2.13. The van der Waals surface area contributed by atoms with Gasteiger partial charge in [0.15, 0.2) is 0 Å². The quantitative estimate of drug-likeness (QED) is 0.649. The molecule has 3 rings (SSSR count). The van der Waals surface area contributed by atoms with E-state index in [1.54, 1.807) is 18.2 Å². The summed E-state index contributed by atoms with van der Waals surface area (Å²) >= 11 is 0. The van der Waals surface area contributed by atoms with E-state index in [1.807, 2.05) is 0 Å². The average Bonchev–Trinajstić information content (AvgIpc) is 2.83. The predicted molar refractivity (Wildman–Crippen MR) is 57.8 cm³/mol. The number of benzene rings is 1. The number of hydrogen-bond acceptors (Lipinski definition) is 3. The van der Waals surface area contributed by atoms with Crippen LogP contribution in [0.25, 0.3) is 16.9 Å². The number of fused-ring (bicyclic) bond motifs is 1. The highest BCUT2D eigenvalue weighted by molar-refractivity contribution is 5.78. The lowest BCUT2D eigenvalue weighted by Gasteiger charge is -1.98. The molecule has 1 aromatic carbocycles. The van der Waals surface area contributed by atoms with Gasteiger partial charge in [0, 0.05) is 12.1 Å². The Labute approximate surface area is 89.6 Å². The van der Waals surface area contributed by atoms with Gasteiger partial charge in [0.1, 0.15) is 5.75 Å². The first kappa shape index (κ1) is 8.84. The van der Waals surface area contributed by atoms with Gasteiger partial charge in [-0.25, -0.2) is 9.36 Å². The van der Waals surface area contributed by atoms with Crippen molar-refractivity contribution in [2.45, 2.75) is 0 Å². The minimum Gasteiger partial charge on any atom is -0.508 e. The molecule has 0 fully saturated rings. The molecule has 2 heterocycles. The summed E-state index contributed by atoms with van der Waals surface area (Å²) in [6.45, 7) is 0. The Balaban J connectivity index is 2.43. The molecular weight excluding hydrogens is 208 g/mol. The van der Waals surface area contributed by atoms with E-state index in [0.29, 0.717) is 16.9 Å². The van der Waals surface area contributed by atoms with Gasteiger partial charge in [-0.1, -0.05) is 0 Å². The van der Waals surface area contributed by atoms with Crippen LogP contribution in [0.5, 0.6) is 5.75 Å². The Hall–Kier alpha value is -2.43. The Kier molecular flexibility index (Phi) is 1.67. The number of furan rings is 1. The Morgan fingerprint density at radius 2 is 2.19 bits per heavy atom. The maximum absolute atomic E-state index is 11.7. The van der Waals surface area contributed by atoms with Crippen LogP contribution in [0.15, 0.2) is 45.8 Å². The van der Waals surface area contributed by atoms with Crippen molar-refractivity contribution < 1.29 is 9.52 Å². The van der Waals surface area contributed by atoms with Gasteiger partial charge in [0.05, 0.1) is 17.3 Å². The number of phenols is 1. The number of aromatic nitrogens is 2. The summed E-state index contributed by atoms with van der Waals surface area (Å²) in [6, 6.07) is 8.05. The molecule has 0 saturated heterocycles. The van der Waals surface area contributed by atoms with Gasteiger partial charge in [-0.15, -0.1) is 0 Å². The molecule has 0 aliphatic heterocycles. The fraction of sp³-hybridized carbons (Fsp3) is 0. The molecule has 2 aromatic heterocycles. The van der Waals surface area contributed by atoms with Crippen molar-refractivity contribution in [2.24, 2.45) is 0 Å². The van der Waals surface area contributed by atoms with Gasteiger partial charge >= 0.3 is 5.69 Å². The molecule has 16 heavy (non-hydrogen) atoms. The fourth-order valence-electron chi connectivity index (χ4n) is 1.71. The molecule has 0 saturated carbocycles. The highest BCUT2D eigenvalue weighted by Crippen LogP contribution is 2.20. The third-order valence-corrected chi connectivity index (χ3v) is 2.39. The molecule has 0 radical (unpaired) electrons. The summed E-state index contributed by atoms with van der Waals surface area (Å²) in [6.07, 6.45) is 1.49. The number of aromatic hydroxyl groups is 1. The van der Waals surface area contributed by atoms with Crippen LogP contribution in [0.1, 0.15) is 0 Å². The Bertz CT molecular complexity index is 692. The first-order chi connectivity index (χ1) is 7.75. The fourth-order valence-corrected chi connectivity index (χ4v) is 1.71. The van der Waals surface area contributed by atoms with Crippen molar-refractivity contribution in [3.05, 3.63) is 47.1 Å². The summed E-state index contributed by atoms with van der Waals surface area (Å²) < 4.78 is 6.54. The van der Waals surface area contributed by atoms with Crippen LogP contribution in [0.4, 0.5) is 0 Å². The van der Waals surface area contributed by atoms with Crippen molar-refractivity contribution in [1.29, 1.82) is 0 Å². The molecule has 0 unspecified atom stereocenters. The van der Waals surface area contributed by atoms with Crippen molar-refractivity contribution >= 4 is 11.0 Å². The van der Waals surface area contributed by atoms with Crippen molar-refractivity contribution in [3.8, 4) is 11.6 Å². The largest absolute Gasteiger partial charge is 0.508 e. The maximum Gasteiger partial charge on any atom is 0.333 e. The third kappa shape index (κ3) is 1.15. The molecule has 80 valence electrons. The SMILES string of the molecule is O=c1[nH]c2ccc(O)cc2n1-c1ccco1. The molecule has 0 amide bonds. The lowest BCUT2D eigenvalue weighted by atomic mass is 10.3. The van der Waals surface area contributed by atoms with E-state index in [4.69, 9.17) is 4.42 Å². The second kappa shape index (κ2) is 3.03. The van der Waals surface area contributed by atoms with E-state index in [1.165, 1.54) is 23.0 Å². The van der Waals surface area contributed by atoms with Crippen LogP contribution in [0.2, 0.25) is 0 Å². The normalized spacial score (nSPS) is 11.0. The molecule has 0 atom stereocenters. The van der Waals surface area contributed by atoms with Crippen LogP contribution in [-0.4, -0.2) is 14.7 Å². The number of imidazole rings is 1. The van der Waals surface area contributed by atoms with Crippen LogP contribution < -0.4 is 5.69 Å². The van der Waals surface area contributed by atoms with Gasteiger partial charge in [-0.2, -0.15) is 0 Å². The van der Waals surface area contributed by atoms with E-state index in [2.05, 4.69) is 4.98 Å². The molecule has 0 aliphatic carbocycles. The minimum absolute atomic E-state index is 0.104. The van der Waals surface area contributed by atoms with Gasteiger partial charge < -0.3 is 14.5 Å². The number of aromatic amines is 1. The number of phenolic OH excluding ortho intramolecular Hbond substituents is 1. The molecular formula is C11H8N2O3. The summed E-state index contributed by atoms with van der Waals surface area (Å²) in [5, 5.41) is 9.40. The zero-order valence-electron chi connectivity index (χ0n) is 8.18. The number of nitrogens with one attached hydrogen (secondary N) is 1. The average molecular weight is 216 g/mol. The minimum atomic E-state index is -0.296. The second-order valence-corrected chi connectivity index (χ2v) is 3.42. The molecule has 0 aliphatic rings. The summed E-state index contributed by atoms with van der Waals surface area (Å²) in [7, 11) is 0. The maximum atomic E-state index is 11.7. The van der Waals surface area contributed by atoms with Crippen LogP contribution in [0.3, 0.4) is 0 Å². The van der Waals surface area contributed by atoms with E-state index in [9.17, 15) is 9.90 Å². The number of hydrogen-bond donors (Lipinski definition) is 2. The van der Waals surface area contributed by atoms with Crippen LogP contribution >= 0.6 is 0 Å². The van der Waals surface area contributed by atoms with Crippen LogP contribution in [0, 0.1) is 0 Å². The van der Waals surface area contributed by atoms with E-state index < -0.39 is 0 Å². The number of H-pyrrole nitrogens is 1. The van der Waals surface area contributed by atoms with E-state index >= 15 is 0 Å². The highest BCUT2D eigenvalue weighted by Gasteiger charge is 2.10. The van der Waals surface area contributed by atoms with Crippen LogP contribution in [-0.2, 0) is 0 Å². The van der Waals surface area contributed by atoms with Crippen molar-refractivity contribution in [1.82, 2.24) is 9.55 Å². The van der Waals surface area contributed by atoms with Gasteiger partial charge in [-0.05, 0) is 18.2 Å². The predicted octanol–water partition coefficient (Wildman–Crippen LogP) is 1.62. The Morgan fingerprint density at radius 3 is 2.94 bits per heavy atom. The standard InChI is InChI=1S/C11H8N2O3/c14-7-3-4-8-9(6-7)13(11(15)12-8)10-2-1-5-16-10/h1-6,14H,(H,12,15). The number of nitrogens with zero attached hydrogens (tertiary/aromatic N) is 1. The first-order valence-corrected chi connectivity index (χ1v) is 4.73. The lowest BCUT2D eigenvalue weighted by molar-refractivity contribution is 0.476. The van der Waals surface area contributed by atoms with Crippen molar-refractivity contribution in [3.63, 3.8) is 0 Å². The van der Waals surface area contributed by atoms with Gasteiger partial charge in [0.2, 0.25) is 5.88 Å². The summed E-state index contributed by atoms with van der Waals surface area (Å²) in [5.41, 5.74) is 0.940. The van der Waals surface area contributed by atoms with Gasteiger partial charge in [0.25, 0.3) is 0 Å². The Morgan fingerprint density at radius 1 is 1.31 bits per heavy atom. The van der Waals surface area contributed by atoms with E-state index in [-0.39, 0.29) is 11.4 Å². The zero-order chi connectivity index (χ0) is 11.1. The molecule has 0 bridgehead atoms. The highest BCUT2D eigenvalue weighted by atomic mass is 16.3. The summed E-state index contributed by atoms with van der Waals surface area (Å²) in [5.74, 6) is 0.522. The summed E-state index contributed by atoms with van der Waals surface area (Å²) in [4.78, 5) is 14.4. The smallest absolute Gasteiger partial charge is 0.333 e. The monoisotopic (exact) mass is 216 g/mol.